The number of halogens is 2. The normalized spacial score (nSPS) is 22.4. The van der Waals surface area contributed by atoms with Crippen molar-refractivity contribution in [3.8, 4) is 0 Å². The predicted octanol–water partition coefficient (Wildman–Crippen LogP) is 2.19. The van der Waals surface area contributed by atoms with E-state index in [1.165, 1.54) is 0 Å². The third-order valence-electron chi connectivity index (χ3n) is 5.88. The highest BCUT2D eigenvalue weighted by molar-refractivity contribution is 7.09. The fourth-order valence-corrected chi connectivity index (χ4v) is 4.91. The van der Waals surface area contributed by atoms with Gasteiger partial charge in [0.2, 0.25) is 11.8 Å². The summed E-state index contributed by atoms with van der Waals surface area (Å²) in [4.78, 5) is 40.0. The van der Waals surface area contributed by atoms with Gasteiger partial charge in [-0.25, -0.2) is 13.6 Å². The van der Waals surface area contributed by atoms with Crippen LogP contribution in [-0.4, -0.2) is 54.0 Å². The van der Waals surface area contributed by atoms with Crippen molar-refractivity contribution in [2.24, 2.45) is 0 Å². The Bertz CT molecular complexity index is 1020. The molecular weight excluding hydrogens is 452 g/mol. The molecule has 1 aromatic carbocycles. The summed E-state index contributed by atoms with van der Waals surface area (Å²) in [7, 11) is 0. The Hall–Kier alpha value is -3.05. The highest BCUT2D eigenvalue weighted by Gasteiger charge is 2.43. The Balaban J connectivity index is 1.28. The number of nitrogens with zero attached hydrogens (tertiary/aromatic N) is 1. The highest BCUT2D eigenvalue weighted by atomic mass is 32.1. The van der Waals surface area contributed by atoms with Gasteiger partial charge in [-0.2, -0.15) is 0 Å². The van der Waals surface area contributed by atoms with Gasteiger partial charge in [0, 0.05) is 42.5 Å². The summed E-state index contributed by atoms with van der Waals surface area (Å²) < 4.78 is 26.8. The van der Waals surface area contributed by atoms with Gasteiger partial charge in [0.25, 0.3) is 0 Å². The van der Waals surface area contributed by atoms with Crippen LogP contribution in [0.1, 0.15) is 24.1 Å². The number of benzene rings is 1. The minimum Gasteiger partial charge on any atom is -0.353 e. The van der Waals surface area contributed by atoms with Crippen LogP contribution in [0.4, 0.5) is 19.3 Å². The molecule has 0 bridgehead atoms. The molecule has 11 heteroatoms. The van der Waals surface area contributed by atoms with E-state index in [1.54, 1.807) is 11.3 Å². The fourth-order valence-electron chi connectivity index (χ4n) is 4.27. The van der Waals surface area contributed by atoms with Crippen molar-refractivity contribution >= 4 is 34.9 Å². The van der Waals surface area contributed by atoms with Gasteiger partial charge in [-0.1, -0.05) is 6.07 Å². The molecule has 4 amide bonds. The number of amides is 4. The Labute approximate surface area is 193 Å². The van der Waals surface area contributed by atoms with Crippen LogP contribution in [0.3, 0.4) is 0 Å². The van der Waals surface area contributed by atoms with Crippen LogP contribution in [-0.2, 0) is 16.1 Å². The summed E-state index contributed by atoms with van der Waals surface area (Å²) >= 11 is 1.58. The van der Waals surface area contributed by atoms with Crippen molar-refractivity contribution in [2.45, 2.75) is 43.9 Å². The molecule has 176 valence electrons. The lowest BCUT2D eigenvalue weighted by molar-refractivity contribution is -0.129. The van der Waals surface area contributed by atoms with Gasteiger partial charge in [0.15, 0.2) is 0 Å². The number of thiophene rings is 1. The minimum atomic E-state index is -0.870. The molecule has 2 aliphatic rings. The Morgan fingerprint density at radius 3 is 2.85 bits per heavy atom. The van der Waals surface area contributed by atoms with Crippen LogP contribution in [0, 0.1) is 11.6 Å². The van der Waals surface area contributed by atoms with Crippen molar-refractivity contribution in [3.05, 3.63) is 52.2 Å². The van der Waals surface area contributed by atoms with Crippen molar-refractivity contribution in [1.82, 2.24) is 20.9 Å². The summed E-state index contributed by atoms with van der Waals surface area (Å²) in [6, 6.07) is 5.42. The van der Waals surface area contributed by atoms with Gasteiger partial charge in [-0.3, -0.25) is 14.5 Å². The lowest BCUT2D eigenvalue weighted by Crippen LogP contribution is -2.58. The molecule has 0 spiro atoms. The van der Waals surface area contributed by atoms with E-state index in [0.29, 0.717) is 45.0 Å². The first kappa shape index (κ1) is 23.1. The lowest BCUT2D eigenvalue weighted by atomic mass is 10.0. The molecule has 33 heavy (non-hydrogen) atoms. The first-order valence-corrected chi connectivity index (χ1v) is 11.6. The smallest absolute Gasteiger partial charge is 0.319 e. The molecule has 2 aromatic rings. The molecule has 2 saturated heterocycles. The third kappa shape index (κ3) is 5.85. The number of carbonyl (C=O) groups excluding carboxylic acids is 3. The highest BCUT2D eigenvalue weighted by Crippen LogP contribution is 2.26. The van der Waals surface area contributed by atoms with Crippen LogP contribution in [0.15, 0.2) is 35.7 Å². The van der Waals surface area contributed by atoms with Crippen molar-refractivity contribution < 1.29 is 23.2 Å². The largest absolute Gasteiger partial charge is 0.353 e. The van der Waals surface area contributed by atoms with E-state index >= 15 is 0 Å². The van der Waals surface area contributed by atoms with Gasteiger partial charge in [0.05, 0.1) is 18.3 Å². The van der Waals surface area contributed by atoms with Crippen molar-refractivity contribution in [2.75, 3.05) is 18.4 Å². The average molecular weight is 478 g/mol. The molecule has 8 nitrogen and oxygen atoms in total. The van der Waals surface area contributed by atoms with E-state index in [-0.39, 0.29) is 29.6 Å². The molecule has 2 aliphatic heterocycles. The summed E-state index contributed by atoms with van der Waals surface area (Å²) in [6.45, 7) is 1.38. The van der Waals surface area contributed by atoms with Gasteiger partial charge >= 0.3 is 6.03 Å². The number of piperazine rings is 1. The summed E-state index contributed by atoms with van der Waals surface area (Å²) in [6.07, 6.45) is 1.32. The zero-order valence-corrected chi connectivity index (χ0v) is 18.6. The molecule has 4 rings (SSSR count). The quantitative estimate of drug-likeness (QED) is 0.491. The Kier molecular flexibility index (Phi) is 7.19. The zero-order chi connectivity index (χ0) is 23.4. The van der Waals surface area contributed by atoms with E-state index in [9.17, 15) is 23.2 Å². The molecule has 4 N–H and O–H groups in total. The average Bonchev–Trinajstić information content (AvgIpc) is 3.44. The minimum absolute atomic E-state index is 0.0235. The SMILES string of the molecule is O=C(CC[C@@H]1CNC(=O)[C@@H]2C[C@H](NC(=O)Nc3ccc(F)cc3F)CN12)NCc1cccs1. The molecule has 3 heterocycles. The first-order chi connectivity index (χ1) is 15.9. The van der Waals surface area contributed by atoms with Crippen LogP contribution < -0.4 is 21.3 Å². The molecule has 3 atom stereocenters. The van der Waals surface area contributed by atoms with E-state index in [1.807, 2.05) is 22.4 Å². The number of carbonyl (C=O) groups is 3. The van der Waals surface area contributed by atoms with Crippen molar-refractivity contribution in [1.29, 1.82) is 0 Å². The second-order valence-electron chi connectivity index (χ2n) is 8.16. The second kappa shape index (κ2) is 10.3. The van der Waals surface area contributed by atoms with Crippen LogP contribution in [0.2, 0.25) is 0 Å². The number of hydrogen-bond donors (Lipinski definition) is 4. The topological polar surface area (TPSA) is 103 Å². The van der Waals surface area contributed by atoms with Crippen LogP contribution in [0.25, 0.3) is 0 Å². The van der Waals surface area contributed by atoms with Gasteiger partial charge in [-0.05, 0) is 36.4 Å². The number of anilines is 1. The molecule has 0 unspecified atom stereocenters. The second-order valence-corrected chi connectivity index (χ2v) is 9.19. The number of fused-ring (bicyclic) bond motifs is 1. The van der Waals surface area contributed by atoms with Crippen LogP contribution in [0.5, 0.6) is 0 Å². The molecule has 2 fully saturated rings. The fraction of sp³-hybridized carbons (Fsp3) is 0.409. The van der Waals surface area contributed by atoms with Gasteiger partial charge in [0.1, 0.15) is 11.6 Å². The predicted molar refractivity (Wildman–Crippen MR) is 120 cm³/mol. The Morgan fingerprint density at radius 1 is 1.24 bits per heavy atom. The van der Waals surface area contributed by atoms with Gasteiger partial charge < -0.3 is 21.3 Å². The monoisotopic (exact) mass is 477 g/mol. The maximum atomic E-state index is 13.8. The summed E-state index contributed by atoms with van der Waals surface area (Å²) in [5.74, 6) is -1.76. The number of nitrogens with one attached hydrogen (secondary N) is 4. The molecule has 0 radical (unpaired) electrons. The maximum absolute atomic E-state index is 13.8. The molecule has 0 saturated carbocycles. The number of hydrogen-bond acceptors (Lipinski definition) is 5. The Morgan fingerprint density at radius 2 is 2.09 bits per heavy atom. The standard InChI is InChI=1S/C22H25F2N5O3S/c23-13-3-5-18(17(24)8-13)28-22(32)27-14-9-19-21(31)26-10-15(29(19)12-14)4-6-20(30)25-11-16-2-1-7-33-16/h1-3,5,7-8,14-15,19H,4,6,9-12H2,(H,25,30)(H,26,31)(H2,27,28,32)/t14-,15+,19-/m0/s1. The summed E-state index contributed by atoms with van der Waals surface area (Å²) in [5, 5.41) is 12.9. The first-order valence-electron chi connectivity index (χ1n) is 10.7. The maximum Gasteiger partial charge on any atom is 0.319 e. The van der Waals surface area contributed by atoms with E-state index in [0.717, 1.165) is 17.0 Å². The van der Waals surface area contributed by atoms with Gasteiger partial charge in [-0.15, -0.1) is 11.3 Å². The van der Waals surface area contributed by atoms with E-state index in [2.05, 4.69) is 21.3 Å². The zero-order valence-electron chi connectivity index (χ0n) is 17.8. The lowest BCUT2D eigenvalue weighted by Gasteiger charge is -2.37. The number of rotatable bonds is 7. The molecule has 0 aliphatic carbocycles. The summed E-state index contributed by atoms with van der Waals surface area (Å²) in [5.41, 5.74) is -0.131. The third-order valence-corrected chi connectivity index (χ3v) is 6.76. The van der Waals surface area contributed by atoms with E-state index in [4.69, 9.17) is 0 Å². The van der Waals surface area contributed by atoms with E-state index < -0.39 is 23.7 Å². The number of urea groups is 1. The van der Waals surface area contributed by atoms with Crippen molar-refractivity contribution in [3.63, 3.8) is 0 Å². The molecule has 1 aromatic heterocycles. The van der Waals surface area contributed by atoms with Crippen LogP contribution >= 0.6 is 11.3 Å². The molecular formula is C22H25F2N5O3S.